The predicted molar refractivity (Wildman–Crippen MR) is 142 cm³/mol. The molecule has 0 aliphatic heterocycles. The number of esters is 1. The quantitative estimate of drug-likeness (QED) is 0.139. The highest BCUT2D eigenvalue weighted by atomic mass is 16.6. The molecule has 0 aliphatic carbocycles. The van der Waals surface area contributed by atoms with Gasteiger partial charge >= 0.3 is 5.97 Å². The molecule has 4 aromatic carbocycles. The second-order valence-electron chi connectivity index (χ2n) is 8.22. The van der Waals surface area contributed by atoms with Crippen LogP contribution in [0.1, 0.15) is 12.5 Å². The third-order valence-electron chi connectivity index (χ3n) is 5.52. The first-order valence-electron chi connectivity index (χ1n) is 11.6. The summed E-state index contributed by atoms with van der Waals surface area (Å²) in [5.74, 6) is -0.393. The Morgan fingerprint density at radius 1 is 0.686 bits per heavy atom. The maximum absolute atomic E-state index is 11.4. The zero-order valence-electron chi connectivity index (χ0n) is 19.9. The van der Waals surface area contributed by atoms with E-state index in [9.17, 15) is 4.79 Å². The lowest BCUT2D eigenvalue weighted by Gasteiger charge is -2.26. The maximum atomic E-state index is 11.4. The topological polar surface area (TPSA) is 38.8 Å². The van der Waals surface area contributed by atoms with Gasteiger partial charge in [0.05, 0.1) is 13.2 Å². The van der Waals surface area contributed by atoms with Gasteiger partial charge < -0.3 is 14.4 Å². The summed E-state index contributed by atoms with van der Waals surface area (Å²) in [4.78, 5) is 13.7. The zero-order valence-corrected chi connectivity index (χ0v) is 19.9. The molecule has 4 heteroatoms. The third kappa shape index (κ3) is 6.46. The minimum atomic E-state index is -0.393. The summed E-state index contributed by atoms with van der Waals surface area (Å²) >= 11 is 0. The molecule has 0 aliphatic rings. The van der Waals surface area contributed by atoms with E-state index in [0.29, 0.717) is 18.8 Å². The molecule has 176 valence electrons. The van der Waals surface area contributed by atoms with Crippen LogP contribution < -0.4 is 4.90 Å². The number of ether oxygens (including phenoxy) is 2. The molecule has 0 aromatic heterocycles. The highest BCUT2D eigenvalue weighted by Crippen LogP contribution is 2.35. The van der Waals surface area contributed by atoms with Crippen LogP contribution in [-0.2, 0) is 20.9 Å². The first kappa shape index (κ1) is 24.0. The number of carbonyl (C=O) groups excluding carboxylic acids is 1. The molecule has 35 heavy (non-hydrogen) atoms. The molecule has 0 radical (unpaired) electrons. The van der Waals surface area contributed by atoms with Crippen molar-refractivity contribution in [1.29, 1.82) is 0 Å². The van der Waals surface area contributed by atoms with Crippen LogP contribution in [0.4, 0.5) is 17.1 Å². The minimum Gasteiger partial charge on any atom is -0.460 e. The summed E-state index contributed by atoms with van der Waals surface area (Å²) in [5, 5.41) is 0. The number of benzene rings is 4. The highest BCUT2D eigenvalue weighted by Gasteiger charge is 2.12. The van der Waals surface area contributed by atoms with Gasteiger partial charge in [-0.1, -0.05) is 79.4 Å². The van der Waals surface area contributed by atoms with E-state index in [1.165, 1.54) is 11.1 Å². The first-order valence-corrected chi connectivity index (χ1v) is 11.6. The standard InChI is InChI=1S/C31H29NO3/c1-24(2)31(33)35-22-21-34-23-25-13-17-29(18-14-25)32(28-11-7-4-8-12-28)30-19-15-27(16-20-30)26-9-5-3-6-10-26/h3-20H,1,21-23H2,2H3. The minimum absolute atomic E-state index is 0.213. The lowest BCUT2D eigenvalue weighted by atomic mass is 10.0. The normalized spacial score (nSPS) is 10.5. The molecular formula is C31H29NO3. The van der Waals surface area contributed by atoms with Gasteiger partial charge in [0, 0.05) is 22.6 Å². The van der Waals surface area contributed by atoms with Gasteiger partial charge in [-0.2, -0.15) is 0 Å². The second-order valence-corrected chi connectivity index (χ2v) is 8.22. The fourth-order valence-corrected chi connectivity index (χ4v) is 3.71. The summed E-state index contributed by atoms with van der Waals surface area (Å²) in [6.07, 6.45) is 0. The highest BCUT2D eigenvalue weighted by molar-refractivity contribution is 5.86. The molecule has 4 rings (SSSR count). The Labute approximate surface area is 207 Å². The van der Waals surface area contributed by atoms with Crippen molar-refractivity contribution in [3.05, 3.63) is 127 Å². The average Bonchev–Trinajstić information content (AvgIpc) is 2.91. The molecule has 4 aromatic rings. The van der Waals surface area contributed by atoms with Gasteiger partial charge in [-0.15, -0.1) is 0 Å². The van der Waals surface area contributed by atoms with E-state index in [1.807, 2.05) is 24.3 Å². The Kier molecular flexibility index (Phi) is 8.10. The Balaban J connectivity index is 1.47. The Morgan fingerprint density at radius 2 is 1.20 bits per heavy atom. The van der Waals surface area contributed by atoms with E-state index < -0.39 is 5.97 Å². The maximum Gasteiger partial charge on any atom is 0.333 e. The van der Waals surface area contributed by atoms with Crippen molar-refractivity contribution >= 4 is 23.0 Å². The Bertz CT molecular complexity index is 1230. The number of hydrogen-bond donors (Lipinski definition) is 0. The Morgan fingerprint density at radius 3 is 1.80 bits per heavy atom. The zero-order chi connectivity index (χ0) is 24.5. The van der Waals surface area contributed by atoms with Crippen LogP contribution in [0.5, 0.6) is 0 Å². The second kappa shape index (κ2) is 11.8. The van der Waals surface area contributed by atoms with Crippen molar-refractivity contribution in [2.45, 2.75) is 13.5 Å². The number of anilines is 3. The summed E-state index contributed by atoms with van der Waals surface area (Å²) < 4.78 is 10.7. The molecule has 0 fully saturated rings. The molecule has 0 spiro atoms. The number of rotatable bonds is 10. The first-order chi connectivity index (χ1) is 17.1. The van der Waals surface area contributed by atoms with Gasteiger partial charge in [-0.25, -0.2) is 4.79 Å². The summed E-state index contributed by atoms with van der Waals surface area (Å²) in [6, 6.07) is 37.6. The summed E-state index contributed by atoms with van der Waals surface area (Å²) in [7, 11) is 0. The summed E-state index contributed by atoms with van der Waals surface area (Å²) in [5.41, 5.74) is 7.05. The van der Waals surface area contributed by atoms with Gasteiger partial charge in [0.15, 0.2) is 0 Å². The molecule has 0 amide bonds. The van der Waals surface area contributed by atoms with Crippen molar-refractivity contribution < 1.29 is 14.3 Å². The number of nitrogens with zero attached hydrogens (tertiary/aromatic N) is 1. The van der Waals surface area contributed by atoms with Crippen molar-refractivity contribution in [3.8, 4) is 11.1 Å². The van der Waals surface area contributed by atoms with Gasteiger partial charge in [0.2, 0.25) is 0 Å². The molecule has 0 saturated carbocycles. The van der Waals surface area contributed by atoms with Crippen LogP contribution >= 0.6 is 0 Å². The van der Waals surface area contributed by atoms with E-state index in [1.54, 1.807) is 6.92 Å². The van der Waals surface area contributed by atoms with Gasteiger partial charge in [0.25, 0.3) is 0 Å². The predicted octanol–water partition coefficient (Wildman–Crippen LogP) is 7.46. The Hall–Kier alpha value is -4.15. The molecule has 0 bridgehead atoms. The van der Waals surface area contributed by atoms with Gasteiger partial charge in [-0.05, 0) is 60.0 Å². The van der Waals surface area contributed by atoms with Crippen LogP contribution in [0.2, 0.25) is 0 Å². The molecule has 0 saturated heterocycles. The van der Waals surface area contributed by atoms with Crippen molar-refractivity contribution in [2.75, 3.05) is 18.1 Å². The van der Waals surface area contributed by atoms with Crippen LogP contribution in [0.15, 0.2) is 121 Å². The number of hydrogen-bond acceptors (Lipinski definition) is 4. The average molecular weight is 464 g/mol. The molecule has 0 heterocycles. The molecule has 4 nitrogen and oxygen atoms in total. The lowest BCUT2D eigenvalue weighted by Crippen LogP contribution is -2.11. The van der Waals surface area contributed by atoms with E-state index in [2.05, 4.69) is 96.4 Å². The fourth-order valence-electron chi connectivity index (χ4n) is 3.71. The fraction of sp³-hybridized carbons (Fsp3) is 0.129. The van der Waals surface area contributed by atoms with E-state index >= 15 is 0 Å². The third-order valence-corrected chi connectivity index (χ3v) is 5.52. The van der Waals surface area contributed by atoms with Crippen LogP contribution in [0.3, 0.4) is 0 Å². The van der Waals surface area contributed by atoms with E-state index in [-0.39, 0.29) is 6.61 Å². The van der Waals surface area contributed by atoms with Gasteiger partial charge in [0.1, 0.15) is 6.61 Å². The monoisotopic (exact) mass is 463 g/mol. The van der Waals surface area contributed by atoms with Crippen molar-refractivity contribution in [3.63, 3.8) is 0 Å². The smallest absolute Gasteiger partial charge is 0.333 e. The SMILES string of the molecule is C=C(C)C(=O)OCCOCc1ccc(N(c2ccccc2)c2ccc(-c3ccccc3)cc2)cc1. The molecule has 0 atom stereocenters. The summed E-state index contributed by atoms with van der Waals surface area (Å²) in [6.45, 7) is 6.19. The van der Waals surface area contributed by atoms with Crippen LogP contribution in [-0.4, -0.2) is 19.2 Å². The largest absolute Gasteiger partial charge is 0.460 e. The van der Waals surface area contributed by atoms with Crippen LogP contribution in [0.25, 0.3) is 11.1 Å². The number of carbonyl (C=O) groups is 1. The van der Waals surface area contributed by atoms with Gasteiger partial charge in [-0.3, -0.25) is 0 Å². The van der Waals surface area contributed by atoms with Crippen molar-refractivity contribution in [2.24, 2.45) is 0 Å². The molecule has 0 N–H and O–H groups in total. The van der Waals surface area contributed by atoms with Crippen molar-refractivity contribution in [1.82, 2.24) is 0 Å². The number of para-hydroxylation sites is 1. The lowest BCUT2D eigenvalue weighted by molar-refractivity contribution is -0.140. The molecular weight excluding hydrogens is 434 g/mol. The van der Waals surface area contributed by atoms with Crippen LogP contribution in [0, 0.1) is 0 Å². The molecule has 0 unspecified atom stereocenters. The van der Waals surface area contributed by atoms with E-state index in [4.69, 9.17) is 9.47 Å². The van der Waals surface area contributed by atoms with E-state index in [0.717, 1.165) is 22.6 Å².